The third-order valence-electron chi connectivity index (χ3n) is 6.34. The molecule has 1 unspecified atom stereocenters. The van der Waals surface area contributed by atoms with Crippen molar-refractivity contribution in [1.82, 2.24) is 19.7 Å². The van der Waals surface area contributed by atoms with Crippen LogP contribution in [0.15, 0.2) is 82.6 Å². The average Bonchev–Trinajstić information content (AvgIpc) is 3.50. The molecule has 0 spiro atoms. The van der Waals surface area contributed by atoms with E-state index < -0.39 is 0 Å². The Morgan fingerprint density at radius 3 is 2.31 bits per heavy atom. The van der Waals surface area contributed by atoms with Crippen LogP contribution in [0, 0.1) is 6.92 Å². The highest BCUT2D eigenvalue weighted by Crippen LogP contribution is 2.30. The van der Waals surface area contributed by atoms with E-state index in [9.17, 15) is 4.79 Å². The van der Waals surface area contributed by atoms with Crippen molar-refractivity contribution < 1.29 is 9.21 Å². The number of rotatable bonds is 7. The van der Waals surface area contributed by atoms with E-state index in [1.807, 2.05) is 49.1 Å². The van der Waals surface area contributed by atoms with E-state index >= 15 is 0 Å². The molecule has 4 aromatic rings. The van der Waals surface area contributed by atoms with Gasteiger partial charge in [0.1, 0.15) is 5.76 Å². The van der Waals surface area contributed by atoms with Gasteiger partial charge in [0.05, 0.1) is 23.6 Å². The zero-order valence-electron chi connectivity index (χ0n) is 20.0. The first kappa shape index (κ1) is 23.2. The van der Waals surface area contributed by atoms with Crippen LogP contribution in [-0.4, -0.2) is 57.0 Å². The number of furan rings is 1. The summed E-state index contributed by atoms with van der Waals surface area (Å²) in [5, 5.41) is 9.43. The van der Waals surface area contributed by atoms with E-state index in [-0.39, 0.29) is 11.2 Å². The topological polar surface area (TPSA) is 67.4 Å². The lowest BCUT2D eigenvalue weighted by atomic mass is 10.2. The molecule has 1 aliphatic rings. The van der Waals surface area contributed by atoms with Gasteiger partial charge in [0.25, 0.3) is 0 Å². The largest absolute Gasteiger partial charge is 0.469 e. The molecular formula is C27H29N5O2S. The predicted molar refractivity (Wildman–Crippen MR) is 139 cm³/mol. The Labute approximate surface area is 209 Å². The van der Waals surface area contributed by atoms with Gasteiger partial charge in [-0.15, -0.1) is 10.2 Å². The lowest BCUT2D eigenvalue weighted by Crippen LogP contribution is -2.50. The number of thioether (sulfide) groups is 1. The maximum atomic E-state index is 13.3. The second-order valence-electron chi connectivity index (χ2n) is 8.68. The molecule has 0 saturated carbocycles. The predicted octanol–water partition coefficient (Wildman–Crippen LogP) is 4.72. The van der Waals surface area contributed by atoms with Gasteiger partial charge in [-0.2, -0.15) is 0 Å². The third-order valence-corrected chi connectivity index (χ3v) is 7.41. The van der Waals surface area contributed by atoms with Crippen LogP contribution in [0.4, 0.5) is 5.69 Å². The van der Waals surface area contributed by atoms with E-state index in [0.717, 1.165) is 54.0 Å². The van der Waals surface area contributed by atoms with Crippen LogP contribution in [0.3, 0.4) is 0 Å². The smallest absolute Gasteiger partial charge is 0.236 e. The molecule has 1 saturated heterocycles. The normalized spacial score (nSPS) is 14.8. The van der Waals surface area contributed by atoms with Gasteiger partial charge < -0.3 is 14.2 Å². The number of amides is 1. The number of nitrogens with zero attached hydrogens (tertiary/aromatic N) is 5. The minimum Gasteiger partial charge on any atom is -0.469 e. The Morgan fingerprint density at radius 2 is 1.66 bits per heavy atom. The molecule has 5 rings (SSSR count). The number of piperazine rings is 1. The lowest BCUT2D eigenvalue weighted by Gasteiger charge is -2.37. The third kappa shape index (κ3) is 5.12. The summed E-state index contributed by atoms with van der Waals surface area (Å²) in [5.74, 6) is 1.68. The Kier molecular flexibility index (Phi) is 6.90. The van der Waals surface area contributed by atoms with Crippen LogP contribution in [0.5, 0.6) is 0 Å². The standard InChI is InChI=1S/C27H29N5O2S/c1-20-24(13-18-34-20)25-28-29-27(32(25)19-22-9-5-3-6-10-22)35-21(2)26(33)31-16-14-30(15-17-31)23-11-7-4-8-12-23/h3-13,18,21H,14-17,19H2,1-2H3. The highest BCUT2D eigenvalue weighted by molar-refractivity contribution is 8.00. The average molecular weight is 488 g/mol. The molecule has 0 radical (unpaired) electrons. The van der Waals surface area contributed by atoms with E-state index in [1.165, 1.54) is 17.4 Å². The Morgan fingerprint density at radius 1 is 0.971 bits per heavy atom. The summed E-state index contributed by atoms with van der Waals surface area (Å²) in [6, 6.07) is 22.5. The highest BCUT2D eigenvalue weighted by atomic mass is 32.2. The molecule has 1 atom stereocenters. The van der Waals surface area contributed by atoms with Crippen LogP contribution in [-0.2, 0) is 11.3 Å². The fourth-order valence-corrected chi connectivity index (χ4v) is 5.32. The van der Waals surface area contributed by atoms with Gasteiger partial charge in [0, 0.05) is 31.9 Å². The molecule has 0 N–H and O–H groups in total. The van der Waals surface area contributed by atoms with Crippen LogP contribution in [0.25, 0.3) is 11.4 Å². The molecule has 2 aromatic carbocycles. The van der Waals surface area contributed by atoms with Crippen molar-refractivity contribution in [3.05, 3.63) is 84.3 Å². The van der Waals surface area contributed by atoms with Crippen LogP contribution < -0.4 is 4.90 Å². The molecular weight excluding hydrogens is 458 g/mol. The maximum absolute atomic E-state index is 13.3. The summed E-state index contributed by atoms with van der Waals surface area (Å²) in [6.45, 7) is 7.60. The van der Waals surface area contributed by atoms with Crippen molar-refractivity contribution in [2.75, 3.05) is 31.1 Å². The molecule has 0 bridgehead atoms. The summed E-state index contributed by atoms with van der Waals surface area (Å²) in [6.07, 6.45) is 1.67. The number of hydrogen-bond acceptors (Lipinski definition) is 6. The minimum absolute atomic E-state index is 0.137. The molecule has 3 heterocycles. The molecule has 7 nitrogen and oxygen atoms in total. The van der Waals surface area contributed by atoms with Gasteiger partial charge in [0.15, 0.2) is 11.0 Å². The molecule has 35 heavy (non-hydrogen) atoms. The van der Waals surface area contributed by atoms with Crippen molar-refractivity contribution in [3.8, 4) is 11.4 Å². The lowest BCUT2D eigenvalue weighted by molar-refractivity contribution is -0.130. The number of aromatic nitrogens is 3. The second kappa shape index (κ2) is 10.4. The van der Waals surface area contributed by atoms with Gasteiger partial charge in [-0.25, -0.2) is 0 Å². The number of benzene rings is 2. The summed E-state index contributed by atoms with van der Waals surface area (Å²) >= 11 is 1.47. The summed E-state index contributed by atoms with van der Waals surface area (Å²) in [5.41, 5.74) is 3.27. The number of anilines is 1. The fraction of sp³-hybridized carbons (Fsp3) is 0.296. The number of aryl methyl sites for hydroxylation is 1. The van der Waals surface area contributed by atoms with E-state index in [4.69, 9.17) is 4.42 Å². The molecule has 180 valence electrons. The summed E-state index contributed by atoms with van der Waals surface area (Å²) in [7, 11) is 0. The van der Waals surface area contributed by atoms with Gasteiger partial charge in [-0.3, -0.25) is 9.36 Å². The zero-order valence-corrected chi connectivity index (χ0v) is 20.8. The van der Waals surface area contributed by atoms with Crippen LogP contribution in [0.2, 0.25) is 0 Å². The first-order valence-corrected chi connectivity index (χ1v) is 12.7. The van der Waals surface area contributed by atoms with Crippen molar-refractivity contribution >= 4 is 23.4 Å². The first-order valence-electron chi connectivity index (χ1n) is 11.9. The SMILES string of the molecule is Cc1occc1-c1nnc(SC(C)C(=O)N2CCN(c3ccccc3)CC2)n1Cc1ccccc1. The molecule has 8 heteroatoms. The Balaban J connectivity index is 1.31. The number of carbonyl (C=O) groups is 1. The van der Waals surface area contributed by atoms with Crippen molar-refractivity contribution in [3.63, 3.8) is 0 Å². The minimum atomic E-state index is -0.268. The van der Waals surface area contributed by atoms with Crippen molar-refractivity contribution in [2.45, 2.75) is 30.8 Å². The van der Waals surface area contributed by atoms with E-state index in [1.54, 1.807) is 6.26 Å². The van der Waals surface area contributed by atoms with E-state index in [0.29, 0.717) is 6.54 Å². The number of hydrogen-bond donors (Lipinski definition) is 0. The summed E-state index contributed by atoms with van der Waals surface area (Å²) < 4.78 is 7.60. The molecule has 1 aliphatic heterocycles. The van der Waals surface area contributed by atoms with Crippen molar-refractivity contribution in [2.24, 2.45) is 0 Å². The van der Waals surface area contributed by atoms with Gasteiger partial charge in [0.2, 0.25) is 5.91 Å². The number of para-hydroxylation sites is 1. The van der Waals surface area contributed by atoms with E-state index in [2.05, 4.69) is 56.1 Å². The van der Waals surface area contributed by atoms with Crippen LogP contribution >= 0.6 is 11.8 Å². The fourth-order valence-electron chi connectivity index (χ4n) is 4.39. The first-order chi connectivity index (χ1) is 17.1. The Hall–Kier alpha value is -3.52. The van der Waals surface area contributed by atoms with Crippen molar-refractivity contribution in [1.29, 1.82) is 0 Å². The quantitative estimate of drug-likeness (QED) is 0.351. The zero-order chi connectivity index (χ0) is 24.2. The molecule has 1 fully saturated rings. The molecule has 2 aromatic heterocycles. The van der Waals surface area contributed by atoms with Crippen LogP contribution in [0.1, 0.15) is 18.2 Å². The van der Waals surface area contributed by atoms with Gasteiger partial charge in [-0.1, -0.05) is 60.3 Å². The number of carbonyl (C=O) groups excluding carboxylic acids is 1. The highest BCUT2D eigenvalue weighted by Gasteiger charge is 2.28. The monoisotopic (exact) mass is 487 g/mol. The second-order valence-corrected chi connectivity index (χ2v) is 9.98. The maximum Gasteiger partial charge on any atom is 0.236 e. The summed E-state index contributed by atoms with van der Waals surface area (Å²) in [4.78, 5) is 17.6. The van der Waals surface area contributed by atoms with Gasteiger partial charge in [-0.05, 0) is 37.6 Å². The molecule has 0 aliphatic carbocycles. The molecule has 1 amide bonds. The Bertz CT molecular complexity index is 1260. The van der Waals surface area contributed by atoms with Gasteiger partial charge >= 0.3 is 0 Å².